The van der Waals surface area contributed by atoms with Crippen molar-refractivity contribution in [1.82, 2.24) is 4.90 Å². The predicted molar refractivity (Wildman–Crippen MR) is 92.0 cm³/mol. The summed E-state index contributed by atoms with van der Waals surface area (Å²) in [4.78, 5) is 17.2. The lowest BCUT2D eigenvalue weighted by atomic mass is 10.1. The number of likely N-dealkylation sites (N-methyl/N-ethyl adjacent to an activating group) is 1. The standard InChI is InChI=1S/C19H22N2O2/c1-14-12-21(13-15-8-4-6-10-17(15)20(14)2)19(22)16-9-5-7-11-18(16)23-3/h4-11,14H,12-13H2,1-3H3. The minimum absolute atomic E-state index is 0.0133. The van der Waals surface area contributed by atoms with E-state index in [9.17, 15) is 4.79 Å². The number of hydrogen-bond donors (Lipinski definition) is 0. The molecule has 2 aromatic carbocycles. The van der Waals surface area contributed by atoms with Crippen LogP contribution >= 0.6 is 0 Å². The number of anilines is 1. The first-order valence-electron chi connectivity index (χ1n) is 7.85. The Morgan fingerprint density at radius 1 is 1.13 bits per heavy atom. The van der Waals surface area contributed by atoms with Gasteiger partial charge >= 0.3 is 0 Å². The zero-order valence-electron chi connectivity index (χ0n) is 13.8. The van der Waals surface area contributed by atoms with Gasteiger partial charge in [0.05, 0.1) is 12.7 Å². The summed E-state index contributed by atoms with van der Waals surface area (Å²) in [6.45, 7) is 3.44. The van der Waals surface area contributed by atoms with Crippen molar-refractivity contribution in [3.8, 4) is 5.75 Å². The van der Waals surface area contributed by atoms with Crippen molar-refractivity contribution < 1.29 is 9.53 Å². The first kappa shape index (κ1) is 15.4. The molecule has 0 radical (unpaired) electrons. The normalized spacial score (nSPS) is 17.4. The van der Waals surface area contributed by atoms with Gasteiger partial charge in [-0.3, -0.25) is 4.79 Å². The SMILES string of the molecule is COc1ccccc1C(=O)N1Cc2ccccc2N(C)C(C)C1. The highest BCUT2D eigenvalue weighted by atomic mass is 16.5. The summed E-state index contributed by atoms with van der Waals surface area (Å²) in [6, 6.07) is 15.9. The Morgan fingerprint density at radius 3 is 2.61 bits per heavy atom. The minimum atomic E-state index is 0.0133. The highest BCUT2D eigenvalue weighted by Gasteiger charge is 2.27. The van der Waals surface area contributed by atoms with E-state index in [2.05, 4.69) is 31.0 Å². The summed E-state index contributed by atoms with van der Waals surface area (Å²) in [5, 5.41) is 0. The number of hydrogen-bond acceptors (Lipinski definition) is 3. The van der Waals surface area contributed by atoms with Crippen LogP contribution in [0.1, 0.15) is 22.8 Å². The fourth-order valence-corrected chi connectivity index (χ4v) is 3.08. The molecule has 4 nitrogen and oxygen atoms in total. The Balaban J connectivity index is 1.96. The van der Waals surface area contributed by atoms with E-state index in [1.54, 1.807) is 7.11 Å². The number of carbonyl (C=O) groups excluding carboxylic acids is 1. The Kier molecular flexibility index (Phi) is 4.24. The van der Waals surface area contributed by atoms with E-state index in [0.717, 1.165) is 0 Å². The average molecular weight is 310 g/mol. The minimum Gasteiger partial charge on any atom is -0.496 e. The van der Waals surface area contributed by atoms with Gasteiger partial charge in [-0.2, -0.15) is 0 Å². The van der Waals surface area contributed by atoms with Crippen LogP contribution in [0.3, 0.4) is 0 Å². The molecule has 1 heterocycles. The van der Waals surface area contributed by atoms with Crippen LogP contribution in [-0.4, -0.2) is 37.6 Å². The van der Waals surface area contributed by atoms with Crippen LogP contribution in [0.2, 0.25) is 0 Å². The third-order valence-electron chi connectivity index (χ3n) is 4.50. The highest BCUT2D eigenvalue weighted by molar-refractivity contribution is 5.97. The first-order valence-corrected chi connectivity index (χ1v) is 7.85. The molecule has 1 atom stereocenters. The van der Waals surface area contributed by atoms with Gasteiger partial charge in [0.15, 0.2) is 0 Å². The molecule has 0 N–H and O–H groups in total. The topological polar surface area (TPSA) is 32.8 Å². The van der Waals surface area contributed by atoms with E-state index >= 15 is 0 Å². The molecular weight excluding hydrogens is 288 g/mol. The van der Waals surface area contributed by atoms with Gasteiger partial charge in [0, 0.05) is 31.9 Å². The summed E-state index contributed by atoms with van der Waals surface area (Å²) in [6.07, 6.45) is 0. The molecule has 1 aliphatic heterocycles. The van der Waals surface area contributed by atoms with Crippen molar-refractivity contribution >= 4 is 11.6 Å². The molecule has 0 aliphatic carbocycles. The molecule has 0 saturated heterocycles. The van der Waals surface area contributed by atoms with Gasteiger partial charge in [0.25, 0.3) is 5.91 Å². The number of fused-ring (bicyclic) bond motifs is 1. The molecule has 2 aromatic rings. The maximum atomic E-state index is 13.0. The summed E-state index contributed by atoms with van der Waals surface area (Å²) >= 11 is 0. The van der Waals surface area contributed by atoms with Crippen molar-refractivity contribution in [2.24, 2.45) is 0 Å². The van der Waals surface area contributed by atoms with Crippen molar-refractivity contribution in [3.63, 3.8) is 0 Å². The van der Waals surface area contributed by atoms with Crippen LogP contribution in [0, 0.1) is 0 Å². The number of nitrogens with zero attached hydrogens (tertiary/aromatic N) is 2. The molecule has 0 bridgehead atoms. The number of benzene rings is 2. The molecule has 0 aromatic heterocycles. The number of rotatable bonds is 2. The molecule has 0 fully saturated rings. The second kappa shape index (κ2) is 6.32. The summed E-state index contributed by atoms with van der Waals surface area (Å²) in [7, 11) is 3.68. The number of carbonyl (C=O) groups is 1. The fourth-order valence-electron chi connectivity index (χ4n) is 3.08. The van der Waals surface area contributed by atoms with Gasteiger partial charge in [0.1, 0.15) is 5.75 Å². The predicted octanol–water partition coefficient (Wildman–Crippen LogP) is 3.18. The van der Waals surface area contributed by atoms with Gasteiger partial charge in [-0.15, -0.1) is 0 Å². The lowest BCUT2D eigenvalue weighted by Crippen LogP contribution is -2.40. The zero-order chi connectivity index (χ0) is 16.4. The van der Waals surface area contributed by atoms with Gasteiger partial charge in [-0.05, 0) is 30.7 Å². The average Bonchev–Trinajstić information content (AvgIpc) is 2.72. The number of methoxy groups -OCH3 is 1. The maximum absolute atomic E-state index is 13.0. The van der Waals surface area contributed by atoms with Crippen LogP contribution in [0.25, 0.3) is 0 Å². The Labute approximate surface area is 137 Å². The van der Waals surface area contributed by atoms with E-state index < -0.39 is 0 Å². The summed E-state index contributed by atoms with van der Waals surface area (Å²) in [5.74, 6) is 0.635. The molecule has 0 spiro atoms. The molecule has 1 amide bonds. The third-order valence-corrected chi connectivity index (χ3v) is 4.50. The quantitative estimate of drug-likeness (QED) is 0.854. The van der Waals surface area contributed by atoms with E-state index in [1.807, 2.05) is 41.3 Å². The molecule has 1 unspecified atom stereocenters. The zero-order valence-corrected chi connectivity index (χ0v) is 13.8. The molecule has 1 aliphatic rings. The Bertz CT molecular complexity index is 714. The lowest BCUT2D eigenvalue weighted by Gasteiger charge is -2.28. The Morgan fingerprint density at radius 2 is 1.83 bits per heavy atom. The van der Waals surface area contributed by atoms with Crippen LogP contribution < -0.4 is 9.64 Å². The lowest BCUT2D eigenvalue weighted by molar-refractivity contribution is 0.0736. The van der Waals surface area contributed by atoms with E-state index in [0.29, 0.717) is 24.4 Å². The van der Waals surface area contributed by atoms with Crippen LogP contribution in [-0.2, 0) is 6.54 Å². The monoisotopic (exact) mass is 310 g/mol. The largest absolute Gasteiger partial charge is 0.496 e. The second-order valence-corrected chi connectivity index (χ2v) is 5.97. The Hall–Kier alpha value is -2.49. The van der Waals surface area contributed by atoms with Gasteiger partial charge in [0.2, 0.25) is 0 Å². The highest BCUT2D eigenvalue weighted by Crippen LogP contribution is 2.28. The molecule has 0 saturated carbocycles. The smallest absolute Gasteiger partial charge is 0.257 e. The van der Waals surface area contributed by atoms with Crippen molar-refractivity contribution in [2.45, 2.75) is 19.5 Å². The van der Waals surface area contributed by atoms with Gasteiger partial charge in [-0.1, -0.05) is 30.3 Å². The second-order valence-electron chi connectivity index (χ2n) is 5.97. The molecule has 3 rings (SSSR count). The molecule has 4 heteroatoms. The molecular formula is C19H22N2O2. The molecule has 23 heavy (non-hydrogen) atoms. The van der Waals surface area contributed by atoms with Crippen molar-refractivity contribution in [3.05, 3.63) is 59.7 Å². The van der Waals surface area contributed by atoms with Crippen LogP contribution in [0.15, 0.2) is 48.5 Å². The van der Waals surface area contributed by atoms with Crippen LogP contribution in [0.4, 0.5) is 5.69 Å². The number of ether oxygens (including phenoxy) is 1. The number of amides is 1. The molecule has 120 valence electrons. The van der Waals surface area contributed by atoms with Crippen molar-refractivity contribution in [1.29, 1.82) is 0 Å². The maximum Gasteiger partial charge on any atom is 0.257 e. The first-order chi connectivity index (χ1) is 11.1. The summed E-state index contributed by atoms with van der Waals surface area (Å²) < 4.78 is 5.35. The fraction of sp³-hybridized carbons (Fsp3) is 0.316. The number of para-hydroxylation sites is 2. The van der Waals surface area contributed by atoms with E-state index in [4.69, 9.17) is 4.74 Å². The third kappa shape index (κ3) is 2.89. The van der Waals surface area contributed by atoms with Gasteiger partial charge < -0.3 is 14.5 Å². The van der Waals surface area contributed by atoms with Gasteiger partial charge in [-0.25, -0.2) is 0 Å². The van der Waals surface area contributed by atoms with E-state index in [-0.39, 0.29) is 11.9 Å². The summed E-state index contributed by atoms with van der Waals surface area (Å²) in [5.41, 5.74) is 2.97. The van der Waals surface area contributed by atoms with Crippen LogP contribution in [0.5, 0.6) is 5.75 Å². The van der Waals surface area contributed by atoms with E-state index in [1.165, 1.54) is 11.3 Å². The van der Waals surface area contributed by atoms with Crippen molar-refractivity contribution in [2.75, 3.05) is 25.6 Å².